The van der Waals surface area contributed by atoms with Gasteiger partial charge in [0.1, 0.15) is 6.54 Å². The van der Waals surface area contributed by atoms with E-state index in [1.165, 1.54) is 0 Å². The van der Waals surface area contributed by atoms with E-state index in [1.807, 2.05) is 0 Å². The average molecular weight is 288 g/mol. The minimum atomic E-state index is 0.0245. The fourth-order valence-corrected chi connectivity index (χ4v) is 3.20. The second-order valence-electron chi connectivity index (χ2n) is 4.74. The summed E-state index contributed by atoms with van der Waals surface area (Å²) in [5.41, 5.74) is 0. The first kappa shape index (κ1) is 14.6. The van der Waals surface area contributed by atoms with E-state index in [-0.39, 0.29) is 31.1 Å². The van der Waals surface area contributed by atoms with E-state index in [4.69, 9.17) is 9.84 Å². The largest absolute Gasteiger partial charge is 0.394 e. The molecule has 0 atom stereocenters. The maximum absolute atomic E-state index is 12.1. The van der Waals surface area contributed by atoms with Gasteiger partial charge >= 0.3 is 0 Å². The van der Waals surface area contributed by atoms with Gasteiger partial charge in [-0.3, -0.25) is 9.59 Å². The lowest BCUT2D eigenvalue weighted by atomic mass is 10.1. The molecule has 2 heterocycles. The smallest absolute Gasteiger partial charge is 0.242 e. The summed E-state index contributed by atoms with van der Waals surface area (Å²) >= 11 is 1.55. The van der Waals surface area contributed by atoms with E-state index >= 15 is 0 Å². The Labute approximate surface area is 117 Å². The molecule has 0 bridgehead atoms. The highest BCUT2D eigenvalue weighted by Crippen LogP contribution is 2.17. The monoisotopic (exact) mass is 288 g/mol. The summed E-state index contributed by atoms with van der Waals surface area (Å²) in [6.45, 7) is 1.94. The molecule has 0 aliphatic carbocycles. The first-order chi connectivity index (χ1) is 9.20. The number of ether oxygens (including phenoxy) is 1. The molecule has 2 fully saturated rings. The zero-order chi connectivity index (χ0) is 13.7. The van der Waals surface area contributed by atoms with E-state index in [9.17, 15) is 9.59 Å². The number of nitrogens with zero attached hydrogens (tertiary/aromatic N) is 2. The second-order valence-corrected chi connectivity index (χ2v) is 5.70. The molecule has 0 radical (unpaired) electrons. The zero-order valence-electron chi connectivity index (χ0n) is 10.9. The second kappa shape index (κ2) is 7.12. The lowest BCUT2D eigenvalue weighted by Crippen LogP contribution is -2.46. The number of thioether (sulfide) groups is 1. The van der Waals surface area contributed by atoms with Gasteiger partial charge in [-0.2, -0.15) is 0 Å². The molecular formula is C12H20N2O4S. The lowest BCUT2D eigenvalue weighted by molar-refractivity contribution is -0.139. The van der Waals surface area contributed by atoms with Gasteiger partial charge in [-0.1, -0.05) is 0 Å². The molecule has 0 unspecified atom stereocenters. The minimum absolute atomic E-state index is 0.0245. The fourth-order valence-electron chi connectivity index (χ4n) is 2.29. The summed E-state index contributed by atoms with van der Waals surface area (Å²) in [6, 6.07) is 0. The van der Waals surface area contributed by atoms with Crippen molar-refractivity contribution in [1.82, 2.24) is 9.80 Å². The Balaban J connectivity index is 1.71. The van der Waals surface area contributed by atoms with Crippen molar-refractivity contribution < 1.29 is 19.4 Å². The number of aliphatic hydroxyl groups is 1. The van der Waals surface area contributed by atoms with E-state index in [0.717, 1.165) is 12.8 Å². The van der Waals surface area contributed by atoms with Gasteiger partial charge in [0.2, 0.25) is 11.8 Å². The number of amides is 2. The van der Waals surface area contributed by atoms with Crippen LogP contribution in [-0.4, -0.2) is 77.3 Å². The van der Waals surface area contributed by atoms with Gasteiger partial charge in [-0.25, -0.2) is 0 Å². The number of rotatable bonds is 5. The number of carbonyl (C=O) groups is 2. The van der Waals surface area contributed by atoms with Crippen LogP contribution < -0.4 is 0 Å². The SMILES string of the molecule is O=C(CN1CSCC1=O)N1CCC(OCCO)CC1. The number of hydrogen-bond donors (Lipinski definition) is 1. The van der Waals surface area contributed by atoms with Crippen molar-refractivity contribution in [2.24, 2.45) is 0 Å². The van der Waals surface area contributed by atoms with Crippen LogP contribution in [0.4, 0.5) is 0 Å². The number of aliphatic hydroxyl groups excluding tert-OH is 1. The van der Waals surface area contributed by atoms with Gasteiger partial charge in [-0.05, 0) is 12.8 Å². The quantitative estimate of drug-likeness (QED) is 0.740. The average Bonchev–Trinajstić information content (AvgIpc) is 2.82. The number of carbonyl (C=O) groups excluding carboxylic acids is 2. The molecule has 19 heavy (non-hydrogen) atoms. The molecule has 0 spiro atoms. The Morgan fingerprint density at radius 3 is 2.74 bits per heavy atom. The Kier molecular flexibility index (Phi) is 5.47. The van der Waals surface area contributed by atoms with Gasteiger partial charge in [0.15, 0.2) is 0 Å². The molecular weight excluding hydrogens is 268 g/mol. The van der Waals surface area contributed by atoms with Crippen LogP contribution in [0, 0.1) is 0 Å². The molecule has 2 rings (SSSR count). The van der Waals surface area contributed by atoms with Crippen LogP contribution >= 0.6 is 11.8 Å². The predicted molar refractivity (Wildman–Crippen MR) is 71.7 cm³/mol. The molecule has 7 heteroatoms. The van der Waals surface area contributed by atoms with Crippen LogP contribution in [0.2, 0.25) is 0 Å². The third-order valence-electron chi connectivity index (χ3n) is 3.39. The van der Waals surface area contributed by atoms with Crippen molar-refractivity contribution in [2.45, 2.75) is 18.9 Å². The number of hydrogen-bond acceptors (Lipinski definition) is 5. The summed E-state index contributed by atoms with van der Waals surface area (Å²) < 4.78 is 5.45. The Hall–Kier alpha value is -0.790. The molecule has 2 aliphatic heterocycles. The zero-order valence-corrected chi connectivity index (χ0v) is 11.7. The molecule has 0 aromatic heterocycles. The van der Waals surface area contributed by atoms with Gasteiger partial charge in [0, 0.05) is 13.1 Å². The van der Waals surface area contributed by atoms with Crippen LogP contribution in [0.5, 0.6) is 0 Å². The topological polar surface area (TPSA) is 70.1 Å². The number of piperidine rings is 1. The highest BCUT2D eigenvalue weighted by Gasteiger charge is 2.27. The van der Waals surface area contributed by atoms with Gasteiger partial charge in [0.25, 0.3) is 0 Å². The third kappa shape index (κ3) is 4.09. The highest BCUT2D eigenvalue weighted by molar-refractivity contribution is 8.00. The van der Waals surface area contributed by atoms with Crippen molar-refractivity contribution in [3.63, 3.8) is 0 Å². The lowest BCUT2D eigenvalue weighted by Gasteiger charge is -2.32. The molecule has 1 N–H and O–H groups in total. The van der Waals surface area contributed by atoms with E-state index in [0.29, 0.717) is 31.3 Å². The molecule has 2 saturated heterocycles. The third-order valence-corrected chi connectivity index (χ3v) is 4.34. The van der Waals surface area contributed by atoms with E-state index < -0.39 is 0 Å². The first-order valence-corrected chi connectivity index (χ1v) is 7.72. The molecule has 108 valence electrons. The van der Waals surface area contributed by atoms with Crippen molar-refractivity contribution in [3.8, 4) is 0 Å². The van der Waals surface area contributed by atoms with Crippen molar-refractivity contribution in [1.29, 1.82) is 0 Å². The molecule has 0 aromatic carbocycles. The summed E-state index contributed by atoms with van der Waals surface area (Å²) in [7, 11) is 0. The molecule has 0 saturated carbocycles. The van der Waals surface area contributed by atoms with E-state index in [1.54, 1.807) is 21.6 Å². The van der Waals surface area contributed by atoms with Crippen molar-refractivity contribution in [3.05, 3.63) is 0 Å². The van der Waals surface area contributed by atoms with Gasteiger partial charge < -0.3 is 19.6 Å². The summed E-state index contributed by atoms with van der Waals surface area (Å²) in [5.74, 6) is 1.20. The van der Waals surface area contributed by atoms with E-state index in [2.05, 4.69) is 0 Å². The maximum Gasteiger partial charge on any atom is 0.242 e. The Morgan fingerprint density at radius 1 is 1.42 bits per heavy atom. The normalized spacial score (nSPS) is 21.2. The molecule has 0 aromatic rings. The maximum atomic E-state index is 12.1. The first-order valence-electron chi connectivity index (χ1n) is 6.56. The Morgan fingerprint density at radius 2 is 2.16 bits per heavy atom. The van der Waals surface area contributed by atoms with Crippen molar-refractivity contribution >= 4 is 23.6 Å². The summed E-state index contributed by atoms with van der Waals surface area (Å²) in [6.07, 6.45) is 1.74. The highest BCUT2D eigenvalue weighted by atomic mass is 32.2. The Bertz CT molecular complexity index is 332. The van der Waals surface area contributed by atoms with Crippen LogP contribution in [0.15, 0.2) is 0 Å². The van der Waals surface area contributed by atoms with Crippen molar-refractivity contribution in [2.75, 3.05) is 44.5 Å². The molecule has 6 nitrogen and oxygen atoms in total. The van der Waals surface area contributed by atoms with Crippen LogP contribution in [0.3, 0.4) is 0 Å². The van der Waals surface area contributed by atoms with Gasteiger partial charge in [0.05, 0.1) is 30.9 Å². The predicted octanol–water partition coefficient (Wildman–Crippen LogP) is -0.481. The fraction of sp³-hybridized carbons (Fsp3) is 0.833. The number of likely N-dealkylation sites (tertiary alicyclic amines) is 1. The molecule has 2 amide bonds. The standard InChI is InChI=1S/C12H20N2O4S/c15-5-6-18-10-1-3-13(4-2-10)11(16)7-14-9-19-8-12(14)17/h10,15H,1-9H2. The van der Waals surface area contributed by atoms with Crippen LogP contribution in [0.1, 0.15) is 12.8 Å². The van der Waals surface area contributed by atoms with Crippen LogP contribution in [-0.2, 0) is 14.3 Å². The minimum Gasteiger partial charge on any atom is -0.394 e. The summed E-state index contributed by atoms with van der Waals surface area (Å²) in [5, 5.41) is 8.69. The van der Waals surface area contributed by atoms with Gasteiger partial charge in [-0.15, -0.1) is 11.8 Å². The van der Waals surface area contributed by atoms with Crippen LogP contribution in [0.25, 0.3) is 0 Å². The summed E-state index contributed by atoms with van der Waals surface area (Å²) in [4.78, 5) is 26.9. The molecule has 2 aliphatic rings.